The highest BCUT2D eigenvalue weighted by Crippen LogP contribution is 2.32. The van der Waals surface area contributed by atoms with Crippen LogP contribution in [0.2, 0.25) is 5.02 Å². The Labute approximate surface area is 96.8 Å². The van der Waals surface area contributed by atoms with Crippen molar-refractivity contribution in [3.63, 3.8) is 0 Å². The van der Waals surface area contributed by atoms with Gasteiger partial charge in [-0.05, 0) is 19.9 Å². The zero-order valence-corrected chi connectivity index (χ0v) is 9.60. The van der Waals surface area contributed by atoms with E-state index in [0.717, 1.165) is 0 Å². The normalized spacial score (nSPS) is 11.2. The minimum atomic E-state index is -0.492. The first-order valence-electron chi connectivity index (χ1n) is 4.82. The molecule has 0 unspecified atom stereocenters. The second-order valence-corrected chi connectivity index (χ2v) is 4.17. The smallest absolute Gasteiger partial charge is 0.269 e. The van der Waals surface area contributed by atoms with Gasteiger partial charge in [0.05, 0.1) is 10.4 Å². The molecule has 2 rings (SSSR count). The fourth-order valence-corrected chi connectivity index (χ4v) is 1.75. The van der Waals surface area contributed by atoms with Gasteiger partial charge in [0.1, 0.15) is 5.02 Å². The molecule has 0 N–H and O–H groups in total. The molecule has 0 bridgehead atoms. The molecule has 84 valence electrons. The van der Waals surface area contributed by atoms with E-state index in [4.69, 9.17) is 11.6 Å². The van der Waals surface area contributed by atoms with Crippen LogP contribution in [-0.2, 0) is 0 Å². The van der Waals surface area contributed by atoms with Crippen molar-refractivity contribution < 1.29 is 4.92 Å². The summed E-state index contributed by atoms with van der Waals surface area (Å²) in [5.41, 5.74) is 0.585. The molecule has 0 spiro atoms. The molecule has 0 saturated carbocycles. The Bertz CT molecular complexity index is 562. The van der Waals surface area contributed by atoms with Crippen molar-refractivity contribution in [3.8, 4) is 0 Å². The SMILES string of the molecule is CC(C)n1cc2c(Cl)c([N+](=O)[O-])ccc2n1. The van der Waals surface area contributed by atoms with Crippen LogP contribution >= 0.6 is 11.6 Å². The van der Waals surface area contributed by atoms with E-state index in [-0.39, 0.29) is 16.8 Å². The Morgan fingerprint density at radius 1 is 1.50 bits per heavy atom. The van der Waals surface area contributed by atoms with Crippen LogP contribution < -0.4 is 0 Å². The van der Waals surface area contributed by atoms with Crippen molar-refractivity contribution in [2.45, 2.75) is 19.9 Å². The van der Waals surface area contributed by atoms with E-state index >= 15 is 0 Å². The van der Waals surface area contributed by atoms with E-state index in [1.807, 2.05) is 13.8 Å². The summed E-state index contributed by atoms with van der Waals surface area (Å²) in [5, 5.41) is 15.7. The van der Waals surface area contributed by atoms with E-state index in [9.17, 15) is 10.1 Å². The molecule has 0 saturated heterocycles. The fourth-order valence-electron chi connectivity index (χ4n) is 1.47. The predicted octanol–water partition coefficient (Wildman–Crippen LogP) is 3.18. The second-order valence-electron chi connectivity index (χ2n) is 3.79. The number of rotatable bonds is 2. The number of aromatic nitrogens is 2. The standard InChI is InChI=1S/C10H10ClN3O2/c1-6(2)13-5-7-8(12-13)3-4-9(10(7)11)14(15)16/h3-6H,1-2H3. The summed E-state index contributed by atoms with van der Waals surface area (Å²) in [4.78, 5) is 10.2. The highest BCUT2D eigenvalue weighted by atomic mass is 35.5. The minimum absolute atomic E-state index is 0.0857. The van der Waals surface area contributed by atoms with Gasteiger partial charge in [0, 0.05) is 23.7 Å². The lowest BCUT2D eigenvalue weighted by Gasteiger charge is -2.02. The first-order chi connectivity index (χ1) is 7.50. The van der Waals surface area contributed by atoms with Crippen LogP contribution in [0, 0.1) is 10.1 Å². The number of nitrogens with zero attached hydrogens (tertiary/aromatic N) is 3. The quantitative estimate of drug-likeness (QED) is 0.597. The molecule has 1 heterocycles. The van der Waals surface area contributed by atoms with Gasteiger partial charge in [0.15, 0.2) is 0 Å². The van der Waals surface area contributed by atoms with Crippen LogP contribution in [0.1, 0.15) is 19.9 Å². The Morgan fingerprint density at radius 2 is 2.19 bits per heavy atom. The van der Waals surface area contributed by atoms with Gasteiger partial charge in [0.2, 0.25) is 0 Å². The van der Waals surface area contributed by atoms with Gasteiger partial charge < -0.3 is 0 Å². The molecule has 0 radical (unpaired) electrons. The summed E-state index contributed by atoms with van der Waals surface area (Å²) in [6, 6.07) is 3.18. The number of nitro benzene ring substituents is 1. The summed E-state index contributed by atoms with van der Waals surface area (Å²) in [5.74, 6) is 0. The van der Waals surface area contributed by atoms with Crippen molar-refractivity contribution in [2.24, 2.45) is 0 Å². The van der Waals surface area contributed by atoms with E-state index in [1.165, 1.54) is 6.07 Å². The first kappa shape index (κ1) is 10.9. The number of halogens is 1. The molecule has 0 aliphatic heterocycles. The number of fused-ring (bicyclic) bond motifs is 1. The zero-order valence-electron chi connectivity index (χ0n) is 8.85. The van der Waals surface area contributed by atoms with Crippen LogP contribution in [0.3, 0.4) is 0 Å². The zero-order chi connectivity index (χ0) is 11.9. The third-order valence-electron chi connectivity index (χ3n) is 2.35. The maximum atomic E-state index is 10.7. The first-order valence-corrected chi connectivity index (χ1v) is 5.20. The van der Waals surface area contributed by atoms with Crippen LogP contribution in [0.15, 0.2) is 18.3 Å². The summed E-state index contributed by atoms with van der Waals surface area (Å²) >= 11 is 5.96. The minimum Gasteiger partial charge on any atom is -0.269 e. The average Bonchev–Trinajstić information content (AvgIpc) is 2.62. The number of benzene rings is 1. The predicted molar refractivity (Wildman–Crippen MR) is 61.8 cm³/mol. The highest BCUT2D eigenvalue weighted by Gasteiger charge is 2.17. The van der Waals surface area contributed by atoms with E-state index in [1.54, 1.807) is 16.9 Å². The van der Waals surface area contributed by atoms with E-state index < -0.39 is 4.92 Å². The highest BCUT2D eigenvalue weighted by molar-refractivity contribution is 6.37. The van der Waals surface area contributed by atoms with E-state index in [0.29, 0.717) is 10.9 Å². The molecule has 0 fully saturated rings. The van der Waals surface area contributed by atoms with Gasteiger partial charge in [0.25, 0.3) is 5.69 Å². The molecular formula is C10H10ClN3O2. The lowest BCUT2D eigenvalue weighted by Crippen LogP contribution is -1.99. The molecule has 0 atom stereocenters. The van der Waals surface area contributed by atoms with Crippen molar-refractivity contribution >= 4 is 28.2 Å². The molecule has 0 aliphatic carbocycles. The lowest BCUT2D eigenvalue weighted by molar-refractivity contribution is -0.384. The summed E-state index contributed by atoms with van der Waals surface area (Å²) < 4.78 is 1.74. The molecule has 2 aromatic rings. The Hall–Kier alpha value is -1.62. The molecular weight excluding hydrogens is 230 g/mol. The second kappa shape index (κ2) is 3.75. The number of nitro groups is 1. The third kappa shape index (κ3) is 1.63. The third-order valence-corrected chi connectivity index (χ3v) is 2.74. The van der Waals surface area contributed by atoms with Gasteiger partial charge in [-0.2, -0.15) is 5.10 Å². The summed E-state index contributed by atoms with van der Waals surface area (Å²) in [6.45, 7) is 3.96. The van der Waals surface area contributed by atoms with Gasteiger partial charge in [-0.15, -0.1) is 0 Å². The summed E-state index contributed by atoms with van der Waals surface area (Å²) in [7, 11) is 0. The van der Waals surface area contributed by atoms with E-state index in [2.05, 4.69) is 5.10 Å². The van der Waals surface area contributed by atoms with Gasteiger partial charge in [-0.3, -0.25) is 14.8 Å². The topological polar surface area (TPSA) is 61.0 Å². The van der Waals surface area contributed by atoms with Crippen LogP contribution in [-0.4, -0.2) is 14.7 Å². The lowest BCUT2D eigenvalue weighted by atomic mass is 10.2. The van der Waals surface area contributed by atoms with Gasteiger partial charge in [-0.25, -0.2) is 0 Å². The molecule has 1 aromatic carbocycles. The van der Waals surface area contributed by atoms with Gasteiger partial charge in [-0.1, -0.05) is 11.6 Å². The fraction of sp³-hybridized carbons (Fsp3) is 0.300. The van der Waals surface area contributed by atoms with Crippen LogP contribution in [0.25, 0.3) is 10.9 Å². The Balaban J connectivity index is 2.69. The monoisotopic (exact) mass is 239 g/mol. The number of hydrogen-bond donors (Lipinski definition) is 0. The van der Waals surface area contributed by atoms with Crippen molar-refractivity contribution in [2.75, 3.05) is 0 Å². The molecule has 0 aliphatic rings. The molecule has 5 nitrogen and oxygen atoms in total. The molecule has 16 heavy (non-hydrogen) atoms. The van der Waals surface area contributed by atoms with Crippen molar-refractivity contribution in [3.05, 3.63) is 33.5 Å². The maximum Gasteiger partial charge on any atom is 0.288 e. The maximum absolute atomic E-state index is 10.7. The molecule has 1 aromatic heterocycles. The number of hydrogen-bond acceptors (Lipinski definition) is 3. The average molecular weight is 240 g/mol. The molecule has 6 heteroatoms. The summed E-state index contributed by atoms with van der Waals surface area (Å²) in [6.07, 6.45) is 1.73. The van der Waals surface area contributed by atoms with Crippen LogP contribution in [0.4, 0.5) is 5.69 Å². The largest absolute Gasteiger partial charge is 0.288 e. The Morgan fingerprint density at radius 3 is 2.75 bits per heavy atom. The van der Waals surface area contributed by atoms with Gasteiger partial charge >= 0.3 is 0 Å². The molecule has 0 amide bonds. The Kier molecular flexibility index (Phi) is 2.55. The van der Waals surface area contributed by atoms with Crippen LogP contribution in [0.5, 0.6) is 0 Å². The van der Waals surface area contributed by atoms with Crippen molar-refractivity contribution in [1.29, 1.82) is 0 Å². The van der Waals surface area contributed by atoms with Crippen molar-refractivity contribution in [1.82, 2.24) is 9.78 Å².